The third-order valence-electron chi connectivity index (χ3n) is 4.00. The Morgan fingerprint density at radius 1 is 1.33 bits per heavy atom. The topological polar surface area (TPSA) is 60.9 Å². The number of aryl methyl sites for hydroxylation is 1. The first-order valence-electron chi connectivity index (χ1n) is 7.36. The van der Waals surface area contributed by atoms with Crippen molar-refractivity contribution in [2.45, 2.75) is 26.7 Å². The second-order valence-electron chi connectivity index (χ2n) is 5.61. The van der Waals surface area contributed by atoms with Crippen molar-refractivity contribution >= 4 is 17.7 Å². The van der Waals surface area contributed by atoms with Gasteiger partial charge in [-0.1, -0.05) is 31.0 Å². The molecule has 0 radical (unpaired) electrons. The highest BCUT2D eigenvalue weighted by molar-refractivity contribution is 5.96. The number of amides is 2. The van der Waals surface area contributed by atoms with Crippen LogP contribution in [0.2, 0.25) is 0 Å². The molecule has 2 rings (SSSR count). The van der Waals surface area contributed by atoms with Crippen LogP contribution >= 0.6 is 0 Å². The van der Waals surface area contributed by atoms with Crippen molar-refractivity contribution in [3.05, 3.63) is 29.8 Å². The lowest BCUT2D eigenvalue weighted by Crippen LogP contribution is -2.44. The first kappa shape index (κ1) is 15.4. The molecule has 1 aromatic rings. The summed E-state index contributed by atoms with van der Waals surface area (Å²) in [7, 11) is 0. The van der Waals surface area contributed by atoms with Crippen LogP contribution < -0.4 is 4.90 Å². The largest absolute Gasteiger partial charge is 0.480 e. The normalized spacial score (nSPS) is 17.8. The van der Waals surface area contributed by atoms with Crippen LogP contribution in [0.25, 0.3) is 0 Å². The zero-order valence-electron chi connectivity index (χ0n) is 12.6. The van der Waals surface area contributed by atoms with Gasteiger partial charge in [0, 0.05) is 18.8 Å². The number of hydrogen-bond acceptors (Lipinski definition) is 2. The minimum Gasteiger partial charge on any atom is -0.480 e. The summed E-state index contributed by atoms with van der Waals surface area (Å²) in [5, 5.41) is 9.08. The number of nitrogens with zero attached hydrogens (tertiary/aromatic N) is 2. The van der Waals surface area contributed by atoms with Gasteiger partial charge in [-0.2, -0.15) is 0 Å². The van der Waals surface area contributed by atoms with E-state index >= 15 is 0 Å². The third kappa shape index (κ3) is 3.74. The highest BCUT2D eigenvalue weighted by atomic mass is 16.4. The molecule has 1 unspecified atom stereocenters. The lowest BCUT2D eigenvalue weighted by molar-refractivity contribution is -0.135. The first-order chi connectivity index (χ1) is 10.0. The number of carbonyl (C=O) groups excluding carboxylic acids is 1. The molecule has 1 aliphatic rings. The third-order valence-corrected chi connectivity index (χ3v) is 4.00. The Balaban J connectivity index is 2.17. The van der Waals surface area contributed by atoms with Crippen LogP contribution in [0.15, 0.2) is 24.3 Å². The Bertz CT molecular complexity index is 513. The molecule has 1 aromatic carbocycles. The SMILES string of the molecule is CCC1CCN(C(=O)N(CC(=O)O)c2ccc(C)cc2)C1. The Morgan fingerprint density at radius 2 is 2.00 bits per heavy atom. The molecule has 114 valence electrons. The molecule has 5 heteroatoms. The van der Waals surface area contributed by atoms with Gasteiger partial charge >= 0.3 is 12.0 Å². The number of benzene rings is 1. The summed E-state index contributed by atoms with van der Waals surface area (Å²) in [6.07, 6.45) is 2.05. The number of urea groups is 1. The summed E-state index contributed by atoms with van der Waals surface area (Å²) in [5.41, 5.74) is 1.71. The summed E-state index contributed by atoms with van der Waals surface area (Å²) < 4.78 is 0. The molecule has 0 aromatic heterocycles. The highest BCUT2D eigenvalue weighted by Crippen LogP contribution is 2.23. The second-order valence-corrected chi connectivity index (χ2v) is 5.61. The molecular weight excluding hydrogens is 268 g/mol. The maximum atomic E-state index is 12.6. The van der Waals surface area contributed by atoms with E-state index in [1.807, 2.05) is 19.1 Å². The number of hydrogen-bond donors (Lipinski definition) is 1. The molecule has 0 aliphatic carbocycles. The van der Waals surface area contributed by atoms with E-state index in [9.17, 15) is 9.59 Å². The average Bonchev–Trinajstić information content (AvgIpc) is 2.94. The van der Waals surface area contributed by atoms with E-state index in [-0.39, 0.29) is 12.6 Å². The monoisotopic (exact) mass is 290 g/mol. The predicted octanol–water partition coefficient (Wildman–Crippen LogP) is 2.74. The Labute approximate surface area is 125 Å². The summed E-state index contributed by atoms with van der Waals surface area (Å²) in [4.78, 5) is 26.8. The molecule has 0 bridgehead atoms. The number of anilines is 1. The molecule has 1 aliphatic heterocycles. The molecule has 1 atom stereocenters. The minimum absolute atomic E-state index is 0.211. The van der Waals surface area contributed by atoms with E-state index in [1.54, 1.807) is 17.0 Å². The number of aliphatic carboxylic acids is 1. The summed E-state index contributed by atoms with van der Waals surface area (Å²) in [5.74, 6) is -0.478. The van der Waals surface area contributed by atoms with E-state index < -0.39 is 5.97 Å². The standard InChI is InChI=1S/C16H22N2O3/c1-3-13-8-9-17(10-13)16(21)18(11-15(19)20)14-6-4-12(2)5-7-14/h4-7,13H,3,8-11H2,1-2H3,(H,19,20). The predicted molar refractivity (Wildman–Crippen MR) is 81.5 cm³/mol. The van der Waals surface area contributed by atoms with Gasteiger partial charge in [0.15, 0.2) is 0 Å². The fourth-order valence-electron chi connectivity index (χ4n) is 2.64. The summed E-state index contributed by atoms with van der Waals surface area (Å²) >= 11 is 0. The van der Waals surface area contributed by atoms with Gasteiger partial charge in [-0.15, -0.1) is 0 Å². The molecular formula is C16H22N2O3. The van der Waals surface area contributed by atoms with E-state index in [1.165, 1.54) is 4.90 Å². The molecule has 0 saturated carbocycles. The Hall–Kier alpha value is -2.04. The molecule has 1 fully saturated rings. The molecule has 2 amide bonds. The molecule has 5 nitrogen and oxygen atoms in total. The molecule has 0 spiro atoms. The lowest BCUT2D eigenvalue weighted by Gasteiger charge is -2.27. The van der Waals surface area contributed by atoms with Crippen molar-refractivity contribution in [2.24, 2.45) is 5.92 Å². The fourth-order valence-corrected chi connectivity index (χ4v) is 2.64. The van der Waals surface area contributed by atoms with Gasteiger partial charge in [0.2, 0.25) is 0 Å². The smallest absolute Gasteiger partial charge is 0.325 e. The van der Waals surface area contributed by atoms with Gasteiger partial charge in [0.1, 0.15) is 6.54 Å². The van der Waals surface area contributed by atoms with E-state index in [4.69, 9.17) is 5.11 Å². The first-order valence-corrected chi connectivity index (χ1v) is 7.36. The van der Waals surface area contributed by atoms with Crippen LogP contribution in [0.4, 0.5) is 10.5 Å². The van der Waals surface area contributed by atoms with Crippen LogP contribution in [0.1, 0.15) is 25.3 Å². The summed E-state index contributed by atoms with van der Waals surface area (Å²) in [6, 6.07) is 7.15. The number of likely N-dealkylation sites (tertiary alicyclic amines) is 1. The van der Waals surface area contributed by atoms with Gasteiger partial charge in [0.05, 0.1) is 0 Å². The van der Waals surface area contributed by atoms with Crippen LogP contribution in [-0.2, 0) is 4.79 Å². The van der Waals surface area contributed by atoms with Gasteiger partial charge in [-0.3, -0.25) is 9.69 Å². The second kappa shape index (κ2) is 6.61. The van der Waals surface area contributed by atoms with Gasteiger partial charge in [-0.25, -0.2) is 4.79 Å². The van der Waals surface area contributed by atoms with Gasteiger partial charge < -0.3 is 10.0 Å². The van der Waals surface area contributed by atoms with Gasteiger partial charge in [-0.05, 0) is 31.4 Å². The van der Waals surface area contributed by atoms with Crippen molar-refractivity contribution in [1.29, 1.82) is 0 Å². The molecule has 21 heavy (non-hydrogen) atoms. The number of carboxylic acid groups (broad SMARTS) is 1. The maximum absolute atomic E-state index is 12.6. The van der Waals surface area contributed by atoms with E-state index in [0.29, 0.717) is 18.2 Å². The maximum Gasteiger partial charge on any atom is 0.325 e. The van der Waals surface area contributed by atoms with Crippen molar-refractivity contribution in [2.75, 3.05) is 24.5 Å². The Kier molecular flexibility index (Phi) is 4.83. The number of carboxylic acids is 1. The quantitative estimate of drug-likeness (QED) is 0.927. The summed E-state index contributed by atoms with van der Waals surface area (Å²) in [6.45, 7) is 5.19. The van der Waals surface area contributed by atoms with Crippen molar-refractivity contribution < 1.29 is 14.7 Å². The zero-order chi connectivity index (χ0) is 15.4. The number of rotatable bonds is 4. The molecule has 1 heterocycles. The van der Waals surface area contributed by atoms with Crippen LogP contribution in [0.5, 0.6) is 0 Å². The average molecular weight is 290 g/mol. The van der Waals surface area contributed by atoms with Crippen molar-refractivity contribution in [3.8, 4) is 0 Å². The van der Waals surface area contributed by atoms with E-state index in [0.717, 1.165) is 24.9 Å². The minimum atomic E-state index is -1.00. The van der Waals surface area contributed by atoms with Crippen molar-refractivity contribution in [3.63, 3.8) is 0 Å². The Morgan fingerprint density at radius 3 is 2.52 bits per heavy atom. The van der Waals surface area contributed by atoms with E-state index in [2.05, 4.69) is 6.92 Å². The zero-order valence-corrected chi connectivity index (χ0v) is 12.6. The van der Waals surface area contributed by atoms with Gasteiger partial charge in [0.25, 0.3) is 0 Å². The number of carbonyl (C=O) groups is 2. The van der Waals surface area contributed by atoms with Crippen molar-refractivity contribution in [1.82, 2.24) is 4.90 Å². The fraction of sp³-hybridized carbons (Fsp3) is 0.500. The lowest BCUT2D eigenvalue weighted by atomic mass is 10.1. The highest BCUT2D eigenvalue weighted by Gasteiger charge is 2.30. The molecule has 1 saturated heterocycles. The van der Waals surface area contributed by atoms with Crippen LogP contribution in [-0.4, -0.2) is 41.6 Å². The van der Waals surface area contributed by atoms with Crippen LogP contribution in [0.3, 0.4) is 0 Å². The van der Waals surface area contributed by atoms with Crippen LogP contribution in [0, 0.1) is 12.8 Å². The molecule has 1 N–H and O–H groups in total.